The fourth-order valence-corrected chi connectivity index (χ4v) is 2.75. The lowest BCUT2D eigenvalue weighted by Crippen LogP contribution is -2.22. The zero-order valence-electron chi connectivity index (χ0n) is 7.48. The second-order valence-corrected chi connectivity index (χ2v) is 4.95. The van der Waals surface area contributed by atoms with E-state index in [0.29, 0.717) is 6.10 Å². The molecular formula is C10H15IO. The average Bonchev–Trinajstić information content (AvgIpc) is 2.73. The van der Waals surface area contributed by atoms with Crippen molar-refractivity contribution in [2.75, 3.05) is 4.43 Å². The second-order valence-electron chi connectivity index (χ2n) is 4.18. The minimum atomic E-state index is 0.266. The van der Waals surface area contributed by atoms with Gasteiger partial charge >= 0.3 is 0 Å². The highest BCUT2D eigenvalue weighted by molar-refractivity contribution is 14.1. The van der Waals surface area contributed by atoms with E-state index in [4.69, 9.17) is 4.74 Å². The van der Waals surface area contributed by atoms with E-state index < -0.39 is 0 Å². The first-order chi connectivity index (χ1) is 5.65. The van der Waals surface area contributed by atoms with Crippen LogP contribution in [-0.4, -0.2) is 16.1 Å². The zero-order chi connectivity index (χ0) is 8.77. The Morgan fingerprint density at radius 3 is 3.08 bits per heavy atom. The summed E-state index contributed by atoms with van der Waals surface area (Å²) < 4.78 is 6.75. The molecule has 0 aromatic rings. The van der Waals surface area contributed by atoms with Crippen LogP contribution in [0.2, 0.25) is 0 Å². The van der Waals surface area contributed by atoms with Gasteiger partial charge in [-0.15, -0.1) is 0 Å². The zero-order valence-corrected chi connectivity index (χ0v) is 9.63. The maximum Gasteiger partial charge on any atom is 0.0920 e. The third-order valence-corrected chi connectivity index (χ3v) is 4.25. The summed E-state index contributed by atoms with van der Waals surface area (Å²) in [6, 6.07) is 0. The van der Waals surface area contributed by atoms with Crippen molar-refractivity contribution in [3.63, 3.8) is 0 Å². The van der Waals surface area contributed by atoms with Gasteiger partial charge in [-0.25, -0.2) is 0 Å². The Balaban J connectivity index is 1.93. The quantitative estimate of drug-likeness (QED) is 0.327. The minimum Gasteiger partial charge on any atom is -0.366 e. The predicted octanol–water partition coefficient (Wildman–Crippen LogP) is 2.94. The third kappa shape index (κ3) is 1.43. The smallest absolute Gasteiger partial charge is 0.0920 e. The van der Waals surface area contributed by atoms with Crippen LogP contribution >= 0.6 is 22.6 Å². The fraction of sp³-hybridized carbons (Fsp3) is 0.800. The molecule has 12 heavy (non-hydrogen) atoms. The first-order valence-electron chi connectivity index (χ1n) is 4.57. The SMILES string of the molecule is C=C(CI)[C@H]1CC[C@@]2(C)O[C@H]2C1. The summed E-state index contributed by atoms with van der Waals surface area (Å²) in [5.41, 5.74) is 1.68. The molecule has 68 valence electrons. The molecule has 2 heteroatoms. The molecule has 1 aliphatic heterocycles. The molecule has 1 heterocycles. The molecule has 1 nitrogen and oxygen atoms in total. The Kier molecular flexibility index (Phi) is 2.24. The molecule has 2 aliphatic rings. The lowest BCUT2D eigenvalue weighted by Gasteiger charge is -2.23. The van der Waals surface area contributed by atoms with Crippen LogP contribution in [0.25, 0.3) is 0 Å². The molecule has 0 aromatic heterocycles. The highest BCUT2D eigenvalue weighted by Gasteiger charge is 2.55. The normalized spacial score (nSPS) is 45.2. The van der Waals surface area contributed by atoms with E-state index in [9.17, 15) is 0 Å². The van der Waals surface area contributed by atoms with E-state index in [0.717, 1.165) is 10.3 Å². The maximum atomic E-state index is 5.65. The summed E-state index contributed by atoms with van der Waals surface area (Å²) in [6.45, 7) is 6.35. The molecule has 2 fully saturated rings. The number of allylic oxidation sites excluding steroid dienone is 1. The van der Waals surface area contributed by atoms with Gasteiger partial charge in [0.2, 0.25) is 0 Å². The molecule has 1 saturated heterocycles. The van der Waals surface area contributed by atoms with Crippen LogP contribution in [0.5, 0.6) is 0 Å². The monoisotopic (exact) mass is 278 g/mol. The summed E-state index contributed by atoms with van der Waals surface area (Å²) in [6.07, 6.45) is 4.29. The van der Waals surface area contributed by atoms with E-state index in [1.807, 2.05) is 0 Å². The van der Waals surface area contributed by atoms with Gasteiger partial charge in [0.05, 0.1) is 11.7 Å². The highest BCUT2D eigenvalue weighted by atomic mass is 127. The highest BCUT2D eigenvalue weighted by Crippen LogP contribution is 2.50. The van der Waals surface area contributed by atoms with Crippen molar-refractivity contribution in [2.24, 2.45) is 5.92 Å². The molecule has 3 atom stereocenters. The van der Waals surface area contributed by atoms with Crippen molar-refractivity contribution in [1.82, 2.24) is 0 Å². The van der Waals surface area contributed by atoms with E-state index in [1.54, 1.807) is 0 Å². The topological polar surface area (TPSA) is 12.5 Å². The van der Waals surface area contributed by atoms with Gasteiger partial charge in [-0.2, -0.15) is 0 Å². The van der Waals surface area contributed by atoms with Crippen LogP contribution in [0, 0.1) is 5.92 Å². The predicted molar refractivity (Wildman–Crippen MR) is 58.6 cm³/mol. The first-order valence-corrected chi connectivity index (χ1v) is 6.10. The van der Waals surface area contributed by atoms with Crippen LogP contribution in [0.3, 0.4) is 0 Å². The molecule has 0 radical (unpaired) electrons. The van der Waals surface area contributed by atoms with Crippen LogP contribution in [0.15, 0.2) is 12.2 Å². The lowest BCUT2D eigenvalue weighted by molar-refractivity contribution is 0.303. The number of rotatable bonds is 2. The Hall–Kier alpha value is 0.430. The Morgan fingerprint density at radius 1 is 1.75 bits per heavy atom. The van der Waals surface area contributed by atoms with Gasteiger partial charge in [0.25, 0.3) is 0 Å². The molecule has 0 spiro atoms. The largest absolute Gasteiger partial charge is 0.366 e. The summed E-state index contributed by atoms with van der Waals surface area (Å²) in [7, 11) is 0. The van der Waals surface area contributed by atoms with E-state index >= 15 is 0 Å². The standard InChI is InChI=1S/C10H15IO/c1-7(6-11)8-3-4-10(2)9(5-8)12-10/h8-9H,1,3-6H2,2H3/t8-,9-,10+/m0/s1. The van der Waals surface area contributed by atoms with Gasteiger partial charge in [0.1, 0.15) is 0 Å². The van der Waals surface area contributed by atoms with Gasteiger partial charge < -0.3 is 4.74 Å². The van der Waals surface area contributed by atoms with Gasteiger partial charge in [-0.1, -0.05) is 34.7 Å². The van der Waals surface area contributed by atoms with Crippen LogP contribution < -0.4 is 0 Å². The molecule has 2 rings (SSSR count). The Morgan fingerprint density at radius 2 is 2.50 bits per heavy atom. The Bertz CT molecular complexity index is 214. The summed E-state index contributed by atoms with van der Waals surface area (Å²) in [5, 5.41) is 0. The fourth-order valence-electron chi connectivity index (χ4n) is 2.13. The van der Waals surface area contributed by atoms with Crippen molar-refractivity contribution in [3.8, 4) is 0 Å². The van der Waals surface area contributed by atoms with Crippen LogP contribution in [0.4, 0.5) is 0 Å². The number of hydrogen-bond acceptors (Lipinski definition) is 1. The number of epoxide rings is 1. The summed E-state index contributed by atoms with van der Waals surface area (Å²) >= 11 is 2.40. The molecule has 1 saturated carbocycles. The van der Waals surface area contributed by atoms with Gasteiger partial charge in [0.15, 0.2) is 0 Å². The molecule has 0 aromatic carbocycles. The van der Waals surface area contributed by atoms with Gasteiger partial charge in [-0.05, 0) is 32.1 Å². The average molecular weight is 278 g/mol. The molecule has 0 amide bonds. The van der Waals surface area contributed by atoms with Crippen LogP contribution in [-0.2, 0) is 4.74 Å². The summed E-state index contributed by atoms with van der Waals surface area (Å²) in [5.74, 6) is 0.738. The maximum absolute atomic E-state index is 5.65. The number of hydrogen-bond donors (Lipinski definition) is 0. The van der Waals surface area contributed by atoms with Crippen LogP contribution in [0.1, 0.15) is 26.2 Å². The van der Waals surface area contributed by atoms with Crippen molar-refractivity contribution in [3.05, 3.63) is 12.2 Å². The summed E-state index contributed by atoms with van der Waals surface area (Å²) in [4.78, 5) is 0. The molecule has 1 aliphatic carbocycles. The van der Waals surface area contributed by atoms with E-state index in [2.05, 4.69) is 36.1 Å². The third-order valence-electron chi connectivity index (χ3n) is 3.27. The first kappa shape index (κ1) is 9.00. The lowest BCUT2D eigenvalue weighted by atomic mass is 9.80. The number of halogens is 1. The van der Waals surface area contributed by atoms with E-state index in [1.165, 1.54) is 24.8 Å². The molecule has 0 bridgehead atoms. The number of ether oxygens (including phenoxy) is 1. The van der Waals surface area contributed by atoms with Crippen molar-refractivity contribution in [1.29, 1.82) is 0 Å². The molecular weight excluding hydrogens is 263 g/mol. The van der Waals surface area contributed by atoms with E-state index in [-0.39, 0.29) is 5.60 Å². The van der Waals surface area contributed by atoms with Crippen molar-refractivity contribution in [2.45, 2.75) is 37.9 Å². The number of alkyl halides is 1. The van der Waals surface area contributed by atoms with Crippen molar-refractivity contribution >= 4 is 22.6 Å². The second kappa shape index (κ2) is 2.98. The number of fused-ring (bicyclic) bond motifs is 1. The van der Waals surface area contributed by atoms with Gasteiger partial charge in [0, 0.05) is 4.43 Å². The van der Waals surface area contributed by atoms with Crippen molar-refractivity contribution < 1.29 is 4.74 Å². The molecule has 0 N–H and O–H groups in total. The van der Waals surface area contributed by atoms with Gasteiger partial charge in [-0.3, -0.25) is 0 Å². The Labute approximate surface area is 87.7 Å². The molecule has 0 unspecified atom stereocenters. The minimum absolute atomic E-state index is 0.266.